The normalized spacial score (nSPS) is 16.5. The Balaban J connectivity index is 2.13. The Kier molecular flexibility index (Phi) is 3.22. The third-order valence-electron chi connectivity index (χ3n) is 2.52. The zero-order chi connectivity index (χ0) is 10.7. The van der Waals surface area contributed by atoms with Crippen LogP contribution in [-0.2, 0) is 0 Å². The summed E-state index contributed by atoms with van der Waals surface area (Å²) in [7, 11) is 0. The molecule has 0 aliphatic heterocycles. The maximum Gasteiger partial charge on any atom is 0.189 e. The number of aromatic nitrogens is 2. The van der Waals surface area contributed by atoms with Gasteiger partial charge in [-0.05, 0) is 25.8 Å². The van der Waals surface area contributed by atoms with Crippen molar-refractivity contribution in [3.63, 3.8) is 0 Å². The molecule has 1 fully saturated rings. The molecule has 1 heterocycles. The molecule has 1 aliphatic carbocycles. The monoisotopic (exact) mass is 219 g/mol. The highest BCUT2D eigenvalue weighted by atomic mass is 32.2. The number of aryl methyl sites for hydroxylation is 1. The van der Waals surface area contributed by atoms with Crippen LogP contribution in [0.3, 0.4) is 0 Å². The molecule has 0 amide bonds. The van der Waals surface area contributed by atoms with E-state index in [-0.39, 0.29) is 0 Å². The Morgan fingerprint density at radius 1 is 1.40 bits per heavy atom. The van der Waals surface area contributed by atoms with Gasteiger partial charge in [-0.25, -0.2) is 9.97 Å². The van der Waals surface area contributed by atoms with E-state index in [2.05, 4.69) is 16.0 Å². The fourth-order valence-electron chi connectivity index (χ4n) is 1.81. The zero-order valence-corrected chi connectivity index (χ0v) is 9.55. The van der Waals surface area contributed by atoms with Crippen LogP contribution in [0.2, 0.25) is 0 Å². The molecule has 1 aromatic rings. The highest BCUT2D eigenvalue weighted by Gasteiger charge is 2.17. The van der Waals surface area contributed by atoms with E-state index in [4.69, 9.17) is 5.26 Å². The number of nitrogens with zero attached hydrogens (tertiary/aromatic N) is 3. The third-order valence-corrected chi connectivity index (χ3v) is 3.72. The second-order valence-corrected chi connectivity index (χ2v) is 5.08. The summed E-state index contributed by atoms with van der Waals surface area (Å²) in [6.07, 6.45) is 5.14. The predicted octanol–water partition coefficient (Wildman–Crippen LogP) is 2.69. The third kappa shape index (κ3) is 2.69. The molecule has 1 aromatic heterocycles. The molecule has 1 aliphatic rings. The van der Waals surface area contributed by atoms with Crippen molar-refractivity contribution >= 4 is 11.8 Å². The summed E-state index contributed by atoms with van der Waals surface area (Å²) >= 11 is 1.72. The summed E-state index contributed by atoms with van der Waals surface area (Å²) < 4.78 is 0. The van der Waals surface area contributed by atoms with E-state index in [0.717, 1.165) is 10.9 Å². The SMILES string of the molecule is Cc1cc(C#N)nc(SC2CCCC2)n1. The standard InChI is InChI=1S/C11H13N3S/c1-8-6-9(7-12)14-11(13-8)15-10-4-2-3-5-10/h6,10H,2-5H2,1H3. The molecule has 0 atom stereocenters. The lowest BCUT2D eigenvalue weighted by atomic mass is 10.4. The number of nitriles is 1. The summed E-state index contributed by atoms with van der Waals surface area (Å²) in [4.78, 5) is 8.55. The van der Waals surface area contributed by atoms with E-state index in [0.29, 0.717) is 10.9 Å². The maximum atomic E-state index is 8.80. The van der Waals surface area contributed by atoms with Crippen LogP contribution in [0.4, 0.5) is 0 Å². The Morgan fingerprint density at radius 2 is 2.13 bits per heavy atom. The Morgan fingerprint density at radius 3 is 2.80 bits per heavy atom. The van der Waals surface area contributed by atoms with Gasteiger partial charge in [0.2, 0.25) is 0 Å². The topological polar surface area (TPSA) is 49.6 Å². The summed E-state index contributed by atoms with van der Waals surface area (Å²) in [5, 5.41) is 10.2. The van der Waals surface area contributed by atoms with Gasteiger partial charge in [0.05, 0.1) is 0 Å². The fraction of sp³-hybridized carbons (Fsp3) is 0.545. The van der Waals surface area contributed by atoms with Crippen LogP contribution >= 0.6 is 11.8 Å². The van der Waals surface area contributed by atoms with Crippen molar-refractivity contribution in [2.75, 3.05) is 0 Å². The highest BCUT2D eigenvalue weighted by molar-refractivity contribution is 7.99. The van der Waals surface area contributed by atoms with Crippen molar-refractivity contribution in [1.82, 2.24) is 9.97 Å². The van der Waals surface area contributed by atoms with Gasteiger partial charge < -0.3 is 0 Å². The van der Waals surface area contributed by atoms with E-state index < -0.39 is 0 Å². The van der Waals surface area contributed by atoms with Crippen LogP contribution in [0, 0.1) is 18.3 Å². The van der Waals surface area contributed by atoms with Gasteiger partial charge in [0.15, 0.2) is 5.16 Å². The van der Waals surface area contributed by atoms with E-state index in [1.807, 2.05) is 6.92 Å². The lowest BCUT2D eigenvalue weighted by Gasteiger charge is -2.07. The molecular formula is C11H13N3S. The zero-order valence-electron chi connectivity index (χ0n) is 8.73. The van der Waals surface area contributed by atoms with Crippen LogP contribution < -0.4 is 0 Å². The first-order valence-corrected chi connectivity index (χ1v) is 6.08. The summed E-state index contributed by atoms with van der Waals surface area (Å²) in [6.45, 7) is 1.90. The Labute approximate surface area is 93.9 Å². The number of rotatable bonds is 2. The van der Waals surface area contributed by atoms with E-state index >= 15 is 0 Å². The summed E-state index contributed by atoms with van der Waals surface area (Å²) in [6, 6.07) is 3.79. The Bertz CT molecular complexity index is 391. The highest BCUT2D eigenvalue weighted by Crippen LogP contribution is 2.32. The number of hydrogen-bond donors (Lipinski definition) is 0. The second kappa shape index (κ2) is 4.63. The van der Waals surface area contributed by atoms with Crippen LogP contribution in [0.1, 0.15) is 37.1 Å². The van der Waals surface area contributed by atoms with E-state index in [9.17, 15) is 0 Å². The minimum Gasteiger partial charge on any atom is -0.228 e. The van der Waals surface area contributed by atoms with Crippen LogP contribution in [0.15, 0.2) is 11.2 Å². The average Bonchev–Trinajstić information content (AvgIpc) is 2.69. The second-order valence-electron chi connectivity index (χ2n) is 3.81. The smallest absolute Gasteiger partial charge is 0.189 e. The largest absolute Gasteiger partial charge is 0.228 e. The van der Waals surface area contributed by atoms with Gasteiger partial charge in [-0.1, -0.05) is 24.6 Å². The molecule has 15 heavy (non-hydrogen) atoms. The predicted molar refractivity (Wildman–Crippen MR) is 59.6 cm³/mol. The maximum absolute atomic E-state index is 8.80. The molecule has 0 radical (unpaired) electrons. The molecule has 0 aromatic carbocycles. The minimum absolute atomic E-state index is 0.475. The molecule has 0 unspecified atom stereocenters. The van der Waals surface area contributed by atoms with Gasteiger partial charge in [-0.15, -0.1) is 0 Å². The Hall–Kier alpha value is -1.08. The quantitative estimate of drug-likeness (QED) is 0.717. The number of thioether (sulfide) groups is 1. The van der Waals surface area contributed by atoms with Crippen LogP contribution in [0.25, 0.3) is 0 Å². The van der Waals surface area contributed by atoms with Crippen molar-refractivity contribution in [2.24, 2.45) is 0 Å². The fourth-order valence-corrected chi connectivity index (χ4v) is 3.02. The van der Waals surface area contributed by atoms with Crippen molar-refractivity contribution in [3.05, 3.63) is 17.5 Å². The molecule has 4 heteroatoms. The van der Waals surface area contributed by atoms with Crippen LogP contribution in [0.5, 0.6) is 0 Å². The number of hydrogen-bond acceptors (Lipinski definition) is 4. The lowest BCUT2D eigenvalue weighted by Crippen LogP contribution is -1.99. The first-order valence-electron chi connectivity index (χ1n) is 5.20. The molecule has 0 spiro atoms. The molecule has 2 rings (SSSR count). The minimum atomic E-state index is 0.475. The molecule has 0 saturated heterocycles. The molecular weight excluding hydrogens is 206 g/mol. The average molecular weight is 219 g/mol. The van der Waals surface area contributed by atoms with Crippen molar-refractivity contribution in [3.8, 4) is 6.07 Å². The van der Waals surface area contributed by atoms with Crippen LogP contribution in [-0.4, -0.2) is 15.2 Å². The van der Waals surface area contributed by atoms with Crippen molar-refractivity contribution in [1.29, 1.82) is 5.26 Å². The van der Waals surface area contributed by atoms with Crippen molar-refractivity contribution in [2.45, 2.75) is 43.0 Å². The van der Waals surface area contributed by atoms with Gasteiger partial charge in [-0.2, -0.15) is 5.26 Å². The first-order chi connectivity index (χ1) is 7.28. The molecule has 3 nitrogen and oxygen atoms in total. The van der Waals surface area contributed by atoms with Gasteiger partial charge >= 0.3 is 0 Å². The van der Waals surface area contributed by atoms with E-state index in [1.165, 1.54) is 25.7 Å². The van der Waals surface area contributed by atoms with Gasteiger partial charge in [0.25, 0.3) is 0 Å². The molecule has 0 bridgehead atoms. The van der Waals surface area contributed by atoms with Gasteiger partial charge in [0.1, 0.15) is 11.8 Å². The summed E-state index contributed by atoms with van der Waals surface area (Å²) in [5.41, 5.74) is 1.35. The van der Waals surface area contributed by atoms with Crippen molar-refractivity contribution < 1.29 is 0 Å². The first kappa shape index (κ1) is 10.4. The van der Waals surface area contributed by atoms with Gasteiger partial charge in [0, 0.05) is 10.9 Å². The lowest BCUT2D eigenvalue weighted by molar-refractivity contribution is 0.871. The summed E-state index contributed by atoms with van der Waals surface area (Å²) in [5.74, 6) is 0. The molecule has 1 saturated carbocycles. The molecule has 0 N–H and O–H groups in total. The van der Waals surface area contributed by atoms with E-state index in [1.54, 1.807) is 17.8 Å². The van der Waals surface area contributed by atoms with Gasteiger partial charge in [-0.3, -0.25) is 0 Å². The molecule has 78 valence electrons.